The lowest BCUT2D eigenvalue weighted by Crippen LogP contribution is -2.61. The van der Waals surface area contributed by atoms with E-state index in [9.17, 15) is 32.4 Å². The Labute approximate surface area is 268 Å². The molecule has 13 heteroatoms. The molecule has 2 saturated carbocycles. The molecule has 0 bridgehead atoms. The van der Waals surface area contributed by atoms with Crippen LogP contribution >= 0.6 is 0 Å². The normalized spacial score (nSPS) is 24.0. The van der Waals surface area contributed by atoms with E-state index < -0.39 is 57.1 Å². The Kier molecular flexibility index (Phi) is 11.9. The number of urea groups is 1. The Morgan fingerprint density at radius 2 is 1.69 bits per heavy atom. The van der Waals surface area contributed by atoms with Gasteiger partial charge in [-0.15, -0.1) is 6.58 Å². The van der Waals surface area contributed by atoms with Crippen LogP contribution in [0.3, 0.4) is 0 Å². The number of carbonyl (C=O) groups is 5. The highest BCUT2D eigenvalue weighted by Crippen LogP contribution is 2.65. The lowest BCUT2D eigenvalue weighted by molar-refractivity contribution is -0.144. The summed E-state index contributed by atoms with van der Waals surface area (Å²) < 4.78 is 22.8. The molecular formula is C32H53N5O7S. The summed E-state index contributed by atoms with van der Waals surface area (Å²) >= 11 is 0. The van der Waals surface area contributed by atoms with Crippen LogP contribution in [0.1, 0.15) is 86.0 Å². The highest BCUT2D eigenvalue weighted by Gasteiger charge is 2.69. The number of hydrogen-bond acceptors (Lipinski definition) is 7. The van der Waals surface area contributed by atoms with Gasteiger partial charge in [0.1, 0.15) is 21.9 Å². The first-order chi connectivity index (χ1) is 20.9. The van der Waals surface area contributed by atoms with Gasteiger partial charge in [-0.3, -0.25) is 19.2 Å². The van der Waals surface area contributed by atoms with Crippen molar-refractivity contribution < 1.29 is 32.4 Å². The smallest absolute Gasteiger partial charge is 0.315 e. The van der Waals surface area contributed by atoms with E-state index in [-0.39, 0.29) is 54.2 Å². The lowest BCUT2D eigenvalue weighted by atomic mass is 9.83. The van der Waals surface area contributed by atoms with E-state index in [1.54, 1.807) is 11.0 Å². The number of nitrogens with one attached hydrogen (secondary N) is 4. The number of likely N-dealkylation sites (tertiary alicyclic amines) is 1. The van der Waals surface area contributed by atoms with Gasteiger partial charge in [0.25, 0.3) is 5.91 Å². The molecular weight excluding hydrogens is 598 g/mol. The van der Waals surface area contributed by atoms with Gasteiger partial charge in [0, 0.05) is 24.9 Å². The quantitative estimate of drug-likeness (QED) is 0.127. The topological polar surface area (TPSA) is 171 Å². The van der Waals surface area contributed by atoms with Crippen molar-refractivity contribution in [3.05, 3.63) is 12.7 Å². The Balaban J connectivity index is 1.79. The zero-order chi connectivity index (χ0) is 33.7. The molecule has 12 nitrogen and oxygen atoms in total. The Hall–Kier alpha value is -2.96. The van der Waals surface area contributed by atoms with Gasteiger partial charge in [0.05, 0.1) is 11.8 Å². The third kappa shape index (κ3) is 9.76. The SMILES string of the molecule is C=CCCC(NC(=O)[C@@H]1[C@@H]2C(CN1C(=O)[C@@H](NC(=O)NC(C)(C)C)C1CCCCC1)C2(C)C)C(=O)C(=O)NCCCS(C)(=O)=O. The van der Waals surface area contributed by atoms with Gasteiger partial charge in [-0.05, 0) is 76.0 Å². The number of allylic oxidation sites excluding steroid dienone is 1. The molecule has 2 aliphatic carbocycles. The highest BCUT2D eigenvalue weighted by molar-refractivity contribution is 7.90. The van der Waals surface area contributed by atoms with E-state index in [1.165, 1.54) is 0 Å². The molecule has 3 aliphatic rings. The Morgan fingerprint density at radius 3 is 2.27 bits per heavy atom. The van der Waals surface area contributed by atoms with E-state index in [0.717, 1.165) is 38.4 Å². The first-order valence-corrected chi connectivity index (χ1v) is 18.2. The second-order valence-electron chi connectivity index (χ2n) is 14.6. The zero-order valence-electron chi connectivity index (χ0n) is 27.7. The van der Waals surface area contributed by atoms with E-state index in [4.69, 9.17) is 0 Å². The molecule has 1 saturated heterocycles. The van der Waals surface area contributed by atoms with Gasteiger partial charge in [-0.25, -0.2) is 13.2 Å². The minimum absolute atomic E-state index is 0.000955. The zero-order valence-corrected chi connectivity index (χ0v) is 28.6. The average Bonchev–Trinajstić information content (AvgIpc) is 3.26. The minimum atomic E-state index is -3.21. The third-order valence-corrected chi connectivity index (χ3v) is 10.4. The largest absolute Gasteiger partial charge is 0.349 e. The number of sulfone groups is 1. The first kappa shape index (κ1) is 36.5. The van der Waals surface area contributed by atoms with Crippen molar-refractivity contribution in [3.63, 3.8) is 0 Å². The summed E-state index contributed by atoms with van der Waals surface area (Å²) in [7, 11) is -3.21. The van der Waals surface area contributed by atoms with Crippen LogP contribution in [0.15, 0.2) is 12.7 Å². The monoisotopic (exact) mass is 651 g/mol. The molecule has 1 heterocycles. The van der Waals surface area contributed by atoms with Crippen molar-refractivity contribution in [2.24, 2.45) is 23.2 Å². The van der Waals surface area contributed by atoms with Crippen LogP contribution < -0.4 is 21.3 Å². The Morgan fingerprint density at radius 1 is 1.04 bits per heavy atom. The summed E-state index contributed by atoms with van der Waals surface area (Å²) in [5.74, 6) is -2.78. The van der Waals surface area contributed by atoms with Crippen molar-refractivity contribution in [2.45, 2.75) is 110 Å². The maximum atomic E-state index is 14.3. The van der Waals surface area contributed by atoms with Gasteiger partial charge >= 0.3 is 6.03 Å². The van der Waals surface area contributed by atoms with Gasteiger partial charge in [0.15, 0.2) is 0 Å². The minimum Gasteiger partial charge on any atom is -0.349 e. The van der Waals surface area contributed by atoms with Crippen molar-refractivity contribution >= 4 is 39.4 Å². The summed E-state index contributed by atoms with van der Waals surface area (Å²) in [4.78, 5) is 68.6. The molecule has 1 aliphatic heterocycles. The fourth-order valence-corrected chi connectivity index (χ4v) is 7.62. The molecule has 5 atom stereocenters. The number of carbonyl (C=O) groups excluding carboxylic acids is 5. The molecule has 0 aromatic heterocycles. The van der Waals surface area contributed by atoms with Crippen LogP contribution in [0.25, 0.3) is 0 Å². The Bertz CT molecular complexity index is 1250. The van der Waals surface area contributed by atoms with Crippen molar-refractivity contribution in [2.75, 3.05) is 25.1 Å². The fraction of sp³-hybridized carbons (Fsp3) is 0.781. The molecule has 4 N–H and O–H groups in total. The number of nitrogens with zero attached hydrogens (tertiary/aromatic N) is 1. The number of amides is 5. The van der Waals surface area contributed by atoms with Gasteiger partial charge in [-0.2, -0.15) is 0 Å². The van der Waals surface area contributed by atoms with E-state index in [1.807, 2.05) is 20.8 Å². The molecule has 0 spiro atoms. The van der Waals surface area contributed by atoms with E-state index in [0.29, 0.717) is 13.0 Å². The molecule has 0 radical (unpaired) electrons. The van der Waals surface area contributed by atoms with Crippen molar-refractivity contribution in [1.29, 1.82) is 0 Å². The average molecular weight is 652 g/mol. The van der Waals surface area contributed by atoms with Crippen LogP contribution in [0.5, 0.6) is 0 Å². The second kappa shape index (κ2) is 14.6. The second-order valence-corrected chi connectivity index (χ2v) is 16.9. The molecule has 2 unspecified atom stereocenters. The molecule has 5 amide bonds. The fourth-order valence-electron chi connectivity index (χ4n) is 6.95. The number of fused-ring (bicyclic) bond motifs is 1. The van der Waals surface area contributed by atoms with E-state index in [2.05, 4.69) is 41.7 Å². The summed E-state index contributed by atoms with van der Waals surface area (Å²) in [6.45, 7) is 13.8. The first-order valence-electron chi connectivity index (χ1n) is 16.2. The van der Waals surface area contributed by atoms with E-state index >= 15 is 0 Å². The highest BCUT2D eigenvalue weighted by atomic mass is 32.2. The van der Waals surface area contributed by atoms with Gasteiger partial charge < -0.3 is 26.2 Å². The van der Waals surface area contributed by atoms with Crippen LogP contribution in [0, 0.1) is 23.2 Å². The summed E-state index contributed by atoms with van der Waals surface area (Å²) in [5, 5.41) is 11.0. The number of hydrogen-bond donors (Lipinski definition) is 4. The standard InChI is InChI=1S/C32H53N5O7S/c1-8-9-16-22(26(38)28(40)33-17-13-18-45(7,43)44)34-27(39)25-23-21(32(23,5)6)19-37(25)29(41)24(20-14-11-10-12-15-20)35-30(42)36-31(2,3)4/h8,20-25H,1,9-19H2,2-7H3,(H,33,40)(H,34,39)(H2,35,36,42)/t21?,22?,23-,24-,25-/m0/s1. The summed E-state index contributed by atoms with van der Waals surface area (Å²) in [6, 6.07) is -3.23. The number of ketones is 1. The molecule has 0 aromatic rings. The van der Waals surface area contributed by atoms with Crippen LogP contribution in [-0.4, -0.2) is 91.6 Å². The van der Waals surface area contributed by atoms with Crippen LogP contribution in [0.4, 0.5) is 4.79 Å². The molecule has 3 rings (SSSR count). The predicted octanol–water partition coefficient (Wildman–Crippen LogP) is 2.09. The molecule has 3 fully saturated rings. The predicted molar refractivity (Wildman–Crippen MR) is 172 cm³/mol. The lowest BCUT2D eigenvalue weighted by Gasteiger charge is -2.37. The summed E-state index contributed by atoms with van der Waals surface area (Å²) in [6.07, 6.45) is 7.93. The number of piperidine rings is 1. The van der Waals surface area contributed by atoms with Gasteiger partial charge in [0.2, 0.25) is 17.6 Å². The molecule has 254 valence electrons. The maximum Gasteiger partial charge on any atom is 0.315 e. The van der Waals surface area contributed by atoms with Crippen LogP contribution in [0.2, 0.25) is 0 Å². The third-order valence-electron chi connectivity index (χ3n) is 9.42. The maximum absolute atomic E-state index is 14.3. The summed E-state index contributed by atoms with van der Waals surface area (Å²) in [5.41, 5.74) is -0.688. The number of Topliss-reactive ketones (excluding diaryl/α,β-unsaturated/α-hetero) is 1. The van der Waals surface area contributed by atoms with Crippen molar-refractivity contribution in [1.82, 2.24) is 26.2 Å². The molecule has 45 heavy (non-hydrogen) atoms. The van der Waals surface area contributed by atoms with Crippen LogP contribution in [-0.2, 0) is 29.0 Å². The molecule has 0 aromatic carbocycles. The number of rotatable bonds is 14. The van der Waals surface area contributed by atoms with Crippen molar-refractivity contribution in [3.8, 4) is 0 Å². The van der Waals surface area contributed by atoms with Gasteiger partial charge in [-0.1, -0.05) is 39.2 Å².